The van der Waals surface area contributed by atoms with Crippen LogP contribution in [-0.2, 0) is 4.79 Å². The number of likely N-dealkylation sites (N-methyl/N-ethyl adjacent to an activating group) is 1. The van der Waals surface area contributed by atoms with Gasteiger partial charge in [0.15, 0.2) is 0 Å². The minimum Gasteiger partial charge on any atom is -0.355 e. The van der Waals surface area contributed by atoms with Gasteiger partial charge in [-0.2, -0.15) is 0 Å². The molecule has 0 fully saturated rings. The van der Waals surface area contributed by atoms with Gasteiger partial charge >= 0.3 is 0 Å². The van der Waals surface area contributed by atoms with E-state index in [4.69, 9.17) is 0 Å². The van der Waals surface area contributed by atoms with Crippen LogP contribution in [0.5, 0.6) is 0 Å². The summed E-state index contributed by atoms with van der Waals surface area (Å²) in [6.45, 7) is 4.60. The predicted octanol–water partition coefficient (Wildman–Crippen LogP) is 0.300. The van der Waals surface area contributed by atoms with Gasteiger partial charge in [0.25, 0.3) is 0 Å². The molecule has 1 unspecified atom stereocenters. The fourth-order valence-corrected chi connectivity index (χ4v) is 1.39. The predicted molar refractivity (Wildman–Crippen MR) is 63.9 cm³/mol. The van der Waals surface area contributed by atoms with Crippen molar-refractivity contribution in [2.45, 2.75) is 19.8 Å². The molecule has 0 aromatic rings. The maximum atomic E-state index is 11.7. The highest BCUT2D eigenvalue weighted by Crippen LogP contribution is 2.06. The fourth-order valence-electron chi connectivity index (χ4n) is 1.39. The van der Waals surface area contributed by atoms with Crippen LogP contribution in [0.15, 0.2) is 0 Å². The third kappa shape index (κ3) is 7.33. The van der Waals surface area contributed by atoms with Crippen LogP contribution in [0, 0.1) is 5.92 Å². The first-order valence-electron chi connectivity index (χ1n) is 5.68. The molecule has 0 saturated carbocycles. The molecular weight excluding hydrogens is 190 g/mol. The van der Waals surface area contributed by atoms with Gasteiger partial charge in [0.05, 0.1) is 0 Å². The van der Waals surface area contributed by atoms with Gasteiger partial charge < -0.3 is 15.5 Å². The van der Waals surface area contributed by atoms with Gasteiger partial charge in [-0.05, 0) is 40.5 Å². The first-order chi connectivity index (χ1) is 7.11. The molecule has 4 heteroatoms. The average Bonchev–Trinajstić information content (AvgIpc) is 2.18. The smallest absolute Gasteiger partial charge is 0.223 e. The minimum atomic E-state index is 0.152. The zero-order valence-electron chi connectivity index (χ0n) is 10.5. The largest absolute Gasteiger partial charge is 0.355 e. The van der Waals surface area contributed by atoms with Crippen LogP contribution < -0.4 is 10.6 Å². The van der Waals surface area contributed by atoms with E-state index in [1.165, 1.54) is 0 Å². The van der Waals surface area contributed by atoms with Gasteiger partial charge in [-0.1, -0.05) is 6.92 Å². The van der Waals surface area contributed by atoms with Crippen LogP contribution in [-0.4, -0.2) is 51.6 Å². The molecule has 0 aromatic heterocycles. The molecule has 0 bridgehead atoms. The molecule has 0 aliphatic carbocycles. The van der Waals surface area contributed by atoms with E-state index in [2.05, 4.69) is 22.5 Å². The molecule has 1 amide bonds. The van der Waals surface area contributed by atoms with Crippen LogP contribution in [0.3, 0.4) is 0 Å². The summed E-state index contributed by atoms with van der Waals surface area (Å²) in [6, 6.07) is 0. The molecular formula is C11H25N3O. The third-order valence-electron chi connectivity index (χ3n) is 2.46. The molecule has 0 aliphatic heterocycles. The summed E-state index contributed by atoms with van der Waals surface area (Å²) in [5.41, 5.74) is 0. The highest BCUT2D eigenvalue weighted by atomic mass is 16.1. The monoisotopic (exact) mass is 215 g/mol. The molecule has 0 heterocycles. The molecule has 2 N–H and O–H groups in total. The van der Waals surface area contributed by atoms with Crippen molar-refractivity contribution in [2.75, 3.05) is 40.8 Å². The zero-order valence-corrected chi connectivity index (χ0v) is 10.5. The van der Waals surface area contributed by atoms with Crippen molar-refractivity contribution in [3.63, 3.8) is 0 Å². The summed E-state index contributed by atoms with van der Waals surface area (Å²) in [6.07, 6.45) is 1.83. The Balaban J connectivity index is 3.73. The van der Waals surface area contributed by atoms with Crippen LogP contribution in [0.25, 0.3) is 0 Å². The number of nitrogens with one attached hydrogen (secondary N) is 2. The normalized spacial score (nSPS) is 12.9. The SMILES string of the molecule is CCC(CCNC)C(=O)NCCN(C)C. The van der Waals surface area contributed by atoms with Crippen LogP contribution in [0.4, 0.5) is 0 Å². The van der Waals surface area contributed by atoms with E-state index in [9.17, 15) is 4.79 Å². The van der Waals surface area contributed by atoms with E-state index < -0.39 is 0 Å². The molecule has 0 aliphatic rings. The first-order valence-corrected chi connectivity index (χ1v) is 5.68. The lowest BCUT2D eigenvalue weighted by molar-refractivity contribution is -0.125. The van der Waals surface area contributed by atoms with E-state index in [1.807, 2.05) is 21.1 Å². The Hall–Kier alpha value is -0.610. The number of nitrogens with zero attached hydrogens (tertiary/aromatic N) is 1. The van der Waals surface area contributed by atoms with Gasteiger partial charge in [0, 0.05) is 19.0 Å². The van der Waals surface area contributed by atoms with Gasteiger partial charge in [0.2, 0.25) is 5.91 Å². The Bertz CT molecular complexity index is 171. The molecule has 0 saturated heterocycles. The van der Waals surface area contributed by atoms with Crippen molar-refractivity contribution in [3.8, 4) is 0 Å². The van der Waals surface area contributed by atoms with Crippen molar-refractivity contribution in [1.29, 1.82) is 0 Å². The van der Waals surface area contributed by atoms with Gasteiger partial charge in [-0.15, -0.1) is 0 Å². The lowest BCUT2D eigenvalue weighted by Gasteiger charge is -2.16. The second-order valence-electron chi connectivity index (χ2n) is 4.09. The third-order valence-corrected chi connectivity index (χ3v) is 2.46. The zero-order chi connectivity index (χ0) is 11.7. The Morgan fingerprint density at radius 1 is 1.33 bits per heavy atom. The molecule has 0 radical (unpaired) electrons. The number of hydrogen-bond donors (Lipinski definition) is 2. The van der Waals surface area contributed by atoms with Crippen LogP contribution in [0.2, 0.25) is 0 Å². The lowest BCUT2D eigenvalue weighted by atomic mass is 10.0. The van der Waals surface area contributed by atoms with Gasteiger partial charge in [-0.3, -0.25) is 4.79 Å². The quantitative estimate of drug-likeness (QED) is 0.612. The molecule has 0 aromatic carbocycles. The maximum absolute atomic E-state index is 11.7. The van der Waals surface area contributed by atoms with E-state index in [1.54, 1.807) is 0 Å². The number of carbonyl (C=O) groups excluding carboxylic acids is 1. The highest BCUT2D eigenvalue weighted by molar-refractivity contribution is 5.78. The summed E-state index contributed by atoms with van der Waals surface area (Å²) < 4.78 is 0. The number of amides is 1. The second kappa shape index (κ2) is 8.68. The van der Waals surface area contributed by atoms with Gasteiger partial charge in [-0.25, -0.2) is 0 Å². The maximum Gasteiger partial charge on any atom is 0.223 e. The summed E-state index contributed by atoms with van der Waals surface area (Å²) in [4.78, 5) is 13.8. The van der Waals surface area contributed by atoms with Crippen molar-refractivity contribution in [2.24, 2.45) is 5.92 Å². The van der Waals surface area contributed by atoms with Crippen molar-refractivity contribution in [3.05, 3.63) is 0 Å². The summed E-state index contributed by atoms with van der Waals surface area (Å²) in [7, 11) is 5.92. The van der Waals surface area contributed by atoms with E-state index in [-0.39, 0.29) is 11.8 Å². The van der Waals surface area contributed by atoms with Gasteiger partial charge in [0.1, 0.15) is 0 Å². The fraction of sp³-hybridized carbons (Fsp3) is 0.909. The van der Waals surface area contributed by atoms with E-state index >= 15 is 0 Å². The van der Waals surface area contributed by atoms with Crippen molar-refractivity contribution < 1.29 is 4.79 Å². The summed E-state index contributed by atoms with van der Waals surface area (Å²) in [5.74, 6) is 0.342. The minimum absolute atomic E-state index is 0.152. The second-order valence-corrected chi connectivity index (χ2v) is 4.09. The first kappa shape index (κ1) is 14.4. The van der Waals surface area contributed by atoms with Crippen LogP contribution >= 0.6 is 0 Å². The summed E-state index contributed by atoms with van der Waals surface area (Å²) in [5, 5.41) is 6.04. The molecule has 0 rings (SSSR count). The number of hydrogen-bond acceptors (Lipinski definition) is 3. The van der Waals surface area contributed by atoms with Crippen molar-refractivity contribution >= 4 is 5.91 Å². The Morgan fingerprint density at radius 3 is 2.47 bits per heavy atom. The van der Waals surface area contributed by atoms with Crippen LogP contribution in [0.1, 0.15) is 19.8 Å². The van der Waals surface area contributed by atoms with E-state index in [0.29, 0.717) is 0 Å². The number of rotatable bonds is 8. The summed E-state index contributed by atoms with van der Waals surface area (Å²) >= 11 is 0. The Kier molecular flexibility index (Phi) is 8.33. The molecule has 90 valence electrons. The molecule has 0 spiro atoms. The lowest BCUT2D eigenvalue weighted by Crippen LogP contribution is -2.36. The topological polar surface area (TPSA) is 44.4 Å². The van der Waals surface area contributed by atoms with E-state index in [0.717, 1.165) is 32.5 Å². The number of carbonyl (C=O) groups is 1. The molecule has 4 nitrogen and oxygen atoms in total. The van der Waals surface area contributed by atoms with Crippen molar-refractivity contribution in [1.82, 2.24) is 15.5 Å². The Labute approximate surface area is 93.4 Å². The molecule has 15 heavy (non-hydrogen) atoms. The Morgan fingerprint density at radius 2 is 2.00 bits per heavy atom. The average molecular weight is 215 g/mol. The molecule has 1 atom stereocenters. The highest BCUT2D eigenvalue weighted by Gasteiger charge is 2.14. The standard InChI is InChI=1S/C11H25N3O/c1-5-10(6-7-12-2)11(15)13-8-9-14(3)4/h10,12H,5-9H2,1-4H3,(H,13,15).